The molecule has 5 heteroatoms. The Hall–Kier alpha value is -0.420. The maximum atomic E-state index is 13.5. The van der Waals surface area contributed by atoms with E-state index in [9.17, 15) is 9.50 Å². The molecule has 1 N–H and O–H groups in total. The van der Waals surface area contributed by atoms with Crippen molar-refractivity contribution in [1.29, 1.82) is 0 Å². The fraction of sp³-hybridized carbons (Fsp3) is 0.167. The highest BCUT2D eigenvalue weighted by Crippen LogP contribution is 2.31. The number of benzene rings is 1. The maximum Gasteiger partial charge on any atom is 0.126 e. The highest BCUT2D eigenvalue weighted by Gasteiger charge is 2.15. The Morgan fingerprint density at radius 1 is 1.41 bits per heavy atom. The molecule has 1 aromatic carbocycles. The van der Waals surface area contributed by atoms with Crippen molar-refractivity contribution < 1.29 is 9.50 Å². The van der Waals surface area contributed by atoms with E-state index in [-0.39, 0.29) is 12.2 Å². The first-order valence-corrected chi connectivity index (χ1v) is 6.98. The largest absolute Gasteiger partial charge is 0.387 e. The second kappa shape index (κ2) is 5.48. The van der Waals surface area contributed by atoms with Gasteiger partial charge in [0, 0.05) is 20.8 Å². The highest BCUT2D eigenvalue weighted by atomic mass is 79.9. The van der Waals surface area contributed by atoms with Crippen molar-refractivity contribution in [2.24, 2.45) is 0 Å². The van der Waals surface area contributed by atoms with Crippen molar-refractivity contribution in [2.45, 2.75) is 12.5 Å². The number of aliphatic hydroxyl groups is 1. The first-order valence-electron chi connectivity index (χ1n) is 4.93. The van der Waals surface area contributed by atoms with Crippen molar-refractivity contribution in [2.75, 3.05) is 0 Å². The van der Waals surface area contributed by atoms with Gasteiger partial charge in [-0.3, -0.25) is 0 Å². The van der Waals surface area contributed by atoms with Gasteiger partial charge in [0.05, 0.1) is 6.10 Å². The number of hydrogen-bond donors (Lipinski definition) is 1. The van der Waals surface area contributed by atoms with Gasteiger partial charge in [0.15, 0.2) is 0 Å². The van der Waals surface area contributed by atoms with Crippen LogP contribution in [0.2, 0.25) is 5.02 Å². The van der Waals surface area contributed by atoms with Gasteiger partial charge in [-0.05, 0) is 51.1 Å². The lowest BCUT2D eigenvalue weighted by atomic mass is 10.1. The molecule has 0 aliphatic carbocycles. The lowest BCUT2D eigenvalue weighted by Crippen LogP contribution is -2.02. The molecule has 0 bridgehead atoms. The fourth-order valence-electron chi connectivity index (χ4n) is 1.54. The van der Waals surface area contributed by atoms with Crippen molar-refractivity contribution in [3.63, 3.8) is 0 Å². The molecular formula is C12H9BrClFOS. The van der Waals surface area contributed by atoms with E-state index in [4.69, 9.17) is 11.6 Å². The lowest BCUT2D eigenvalue weighted by molar-refractivity contribution is 0.180. The van der Waals surface area contributed by atoms with E-state index < -0.39 is 6.10 Å². The molecule has 0 saturated carbocycles. The van der Waals surface area contributed by atoms with Gasteiger partial charge in [-0.1, -0.05) is 11.6 Å². The normalized spacial score (nSPS) is 12.7. The zero-order chi connectivity index (χ0) is 12.4. The molecule has 90 valence electrons. The summed E-state index contributed by atoms with van der Waals surface area (Å²) in [4.78, 5) is 0.796. The van der Waals surface area contributed by atoms with E-state index in [1.54, 1.807) is 6.07 Å². The molecule has 1 unspecified atom stereocenters. The molecule has 0 aliphatic heterocycles. The van der Waals surface area contributed by atoms with E-state index in [0.717, 1.165) is 9.35 Å². The van der Waals surface area contributed by atoms with Gasteiger partial charge in [-0.2, -0.15) is 0 Å². The molecule has 1 heterocycles. The minimum atomic E-state index is -0.725. The summed E-state index contributed by atoms with van der Waals surface area (Å²) in [5.74, 6) is -0.346. The zero-order valence-electron chi connectivity index (χ0n) is 8.66. The topological polar surface area (TPSA) is 20.2 Å². The smallest absolute Gasteiger partial charge is 0.126 e. The maximum absolute atomic E-state index is 13.5. The predicted molar refractivity (Wildman–Crippen MR) is 72.1 cm³/mol. The van der Waals surface area contributed by atoms with Crippen LogP contribution in [0.4, 0.5) is 4.39 Å². The monoisotopic (exact) mass is 334 g/mol. The van der Waals surface area contributed by atoms with Crippen LogP contribution >= 0.6 is 38.9 Å². The predicted octanol–water partition coefficient (Wildman–Crippen LogP) is 4.58. The summed E-state index contributed by atoms with van der Waals surface area (Å²) in [6.07, 6.45) is -0.511. The van der Waals surface area contributed by atoms with E-state index in [2.05, 4.69) is 15.9 Å². The average Bonchev–Trinajstić information content (AvgIpc) is 2.70. The number of halogens is 3. The molecule has 17 heavy (non-hydrogen) atoms. The molecule has 0 aliphatic rings. The van der Waals surface area contributed by atoms with Crippen molar-refractivity contribution in [3.05, 3.63) is 55.4 Å². The Labute approximate surface area is 116 Å². The Morgan fingerprint density at radius 3 is 2.82 bits per heavy atom. The van der Waals surface area contributed by atoms with Gasteiger partial charge in [-0.25, -0.2) is 4.39 Å². The standard InChI is InChI=1S/C12H9BrClFOS/c13-9-3-4-17-12(9)11(16)6-7-5-8(14)1-2-10(7)15/h1-5,11,16H,6H2. The quantitative estimate of drug-likeness (QED) is 0.870. The van der Waals surface area contributed by atoms with Crippen LogP contribution in [0.15, 0.2) is 34.1 Å². The van der Waals surface area contributed by atoms with Crippen LogP contribution in [-0.2, 0) is 6.42 Å². The van der Waals surface area contributed by atoms with Crippen LogP contribution in [0, 0.1) is 5.82 Å². The van der Waals surface area contributed by atoms with Gasteiger partial charge >= 0.3 is 0 Å². The Kier molecular flexibility index (Phi) is 4.20. The molecule has 2 rings (SSSR count). The van der Waals surface area contributed by atoms with Crippen LogP contribution in [-0.4, -0.2) is 5.11 Å². The van der Waals surface area contributed by atoms with Gasteiger partial charge < -0.3 is 5.11 Å². The van der Waals surface area contributed by atoms with Crippen LogP contribution < -0.4 is 0 Å². The summed E-state index contributed by atoms with van der Waals surface area (Å²) in [5, 5.41) is 12.4. The molecule has 0 amide bonds. The SMILES string of the molecule is OC(Cc1cc(Cl)ccc1F)c1sccc1Br. The minimum Gasteiger partial charge on any atom is -0.387 e. The molecule has 0 spiro atoms. The molecule has 0 radical (unpaired) electrons. The second-order valence-electron chi connectivity index (χ2n) is 3.59. The minimum absolute atomic E-state index is 0.214. The van der Waals surface area contributed by atoms with Gasteiger partial charge in [0.2, 0.25) is 0 Å². The fourth-order valence-corrected chi connectivity index (χ4v) is 3.36. The van der Waals surface area contributed by atoms with E-state index in [1.807, 2.05) is 11.4 Å². The van der Waals surface area contributed by atoms with Crippen LogP contribution in [0.25, 0.3) is 0 Å². The second-order valence-corrected chi connectivity index (χ2v) is 5.83. The first-order chi connectivity index (χ1) is 8.08. The first kappa shape index (κ1) is 13.0. The third-order valence-electron chi connectivity index (χ3n) is 2.37. The summed E-state index contributed by atoms with van der Waals surface area (Å²) >= 11 is 10.6. The summed E-state index contributed by atoms with van der Waals surface area (Å²) in [7, 11) is 0. The van der Waals surface area contributed by atoms with Crippen LogP contribution in [0.5, 0.6) is 0 Å². The summed E-state index contributed by atoms with van der Waals surface area (Å²) in [6.45, 7) is 0. The number of hydrogen-bond acceptors (Lipinski definition) is 2. The van der Waals surface area contributed by atoms with Gasteiger partial charge in [0.1, 0.15) is 5.82 Å². The third-order valence-corrected chi connectivity index (χ3v) is 4.58. The van der Waals surface area contributed by atoms with Crippen molar-refractivity contribution >= 4 is 38.9 Å². The van der Waals surface area contributed by atoms with Crippen molar-refractivity contribution in [1.82, 2.24) is 0 Å². The Morgan fingerprint density at radius 2 is 2.18 bits per heavy atom. The summed E-state index contributed by atoms with van der Waals surface area (Å²) in [6, 6.07) is 6.21. The van der Waals surface area contributed by atoms with E-state index >= 15 is 0 Å². The Balaban J connectivity index is 2.21. The molecule has 2 aromatic rings. The molecule has 1 nitrogen and oxygen atoms in total. The van der Waals surface area contributed by atoms with Gasteiger partial charge in [0.25, 0.3) is 0 Å². The van der Waals surface area contributed by atoms with E-state index in [0.29, 0.717) is 10.6 Å². The lowest BCUT2D eigenvalue weighted by Gasteiger charge is -2.10. The molecule has 1 atom stereocenters. The summed E-state index contributed by atoms with van der Waals surface area (Å²) in [5.41, 5.74) is 0.422. The third kappa shape index (κ3) is 3.07. The molecule has 0 saturated heterocycles. The van der Waals surface area contributed by atoms with Crippen molar-refractivity contribution in [3.8, 4) is 0 Å². The van der Waals surface area contributed by atoms with Crippen LogP contribution in [0.1, 0.15) is 16.5 Å². The summed E-state index contributed by atoms with van der Waals surface area (Å²) < 4.78 is 14.3. The van der Waals surface area contributed by atoms with Crippen LogP contribution in [0.3, 0.4) is 0 Å². The molecule has 1 aromatic heterocycles. The number of rotatable bonds is 3. The zero-order valence-corrected chi connectivity index (χ0v) is 11.8. The molecule has 0 fully saturated rings. The van der Waals surface area contributed by atoms with E-state index in [1.165, 1.54) is 23.5 Å². The number of aliphatic hydroxyl groups excluding tert-OH is 1. The van der Waals surface area contributed by atoms with Gasteiger partial charge in [-0.15, -0.1) is 11.3 Å². The highest BCUT2D eigenvalue weighted by molar-refractivity contribution is 9.10. The molecular weight excluding hydrogens is 327 g/mol. The number of thiophene rings is 1. The average molecular weight is 336 g/mol. The Bertz CT molecular complexity index is 529.